The van der Waals surface area contributed by atoms with Crippen LogP contribution in [0.4, 0.5) is 13.2 Å². The van der Waals surface area contributed by atoms with Gasteiger partial charge in [0, 0.05) is 32.3 Å². The van der Waals surface area contributed by atoms with Crippen LogP contribution in [0.2, 0.25) is 0 Å². The highest BCUT2D eigenvalue weighted by Gasteiger charge is 2.33. The van der Waals surface area contributed by atoms with Gasteiger partial charge in [0.2, 0.25) is 5.89 Å². The van der Waals surface area contributed by atoms with Gasteiger partial charge in [-0.15, -0.1) is 0 Å². The number of aromatic nitrogens is 1. The Kier molecular flexibility index (Phi) is 8.14. The summed E-state index contributed by atoms with van der Waals surface area (Å²) in [5.41, 5.74) is 6.25. The molecule has 9 nitrogen and oxygen atoms in total. The lowest BCUT2D eigenvalue weighted by atomic mass is 10.1. The maximum Gasteiger partial charge on any atom is 0.387 e. The Bertz CT molecular complexity index is 1020. The quantitative estimate of drug-likeness (QED) is 0.505. The molecule has 192 valence electrons. The average Bonchev–Trinajstić information content (AvgIpc) is 3.59. The summed E-state index contributed by atoms with van der Waals surface area (Å²) >= 11 is 0. The van der Waals surface area contributed by atoms with Crippen LogP contribution in [0.15, 0.2) is 22.6 Å². The van der Waals surface area contributed by atoms with Crippen LogP contribution >= 0.6 is 0 Å². The largest absolute Gasteiger partial charge is 0.489 e. The fourth-order valence-corrected chi connectivity index (χ4v) is 3.93. The lowest BCUT2D eigenvalue weighted by molar-refractivity contribution is -0.0515. The minimum atomic E-state index is -3.00. The molecule has 12 heteroatoms. The highest BCUT2D eigenvalue weighted by atomic mass is 19.3. The molecule has 2 aliphatic rings. The van der Waals surface area contributed by atoms with Gasteiger partial charge in [-0.05, 0) is 37.0 Å². The number of piperazine rings is 1. The monoisotopic (exact) mass is 498 g/mol. The van der Waals surface area contributed by atoms with Crippen LogP contribution in [0, 0.1) is 5.92 Å². The number of ether oxygens (including phenoxy) is 3. The predicted molar refractivity (Wildman–Crippen MR) is 119 cm³/mol. The predicted octanol–water partition coefficient (Wildman–Crippen LogP) is 2.89. The number of amides is 1. The molecule has 1 aromatic carbocycles. The van der Waals surface area contributed by atoms with E-state index in [0.717, 1.165) is 12.8 Å². The molecule has 1 saturated heterocycles. The molecule has 1 aromatic heterocycles. The van der Waals surface area contributed by atoms with Gasteiger partial charge in [0.15, 0.2) is 23.0 Å². The number of carbonyl (C=O) groups is 1. The van der Waals surface area contributed by atoms with E-state index in [9.17, 15) is 18.0 Å². The van der Waals surface area contributed by atoms with Gasteiger partial charge < -0.3 is 29.3 Å². The molecule has 4 rings (SSSR count). The third-order valence-electron chi connectivity index (χ3n) is 6.03. The summed E-state index contributed by atoms with van der Waals surface area (Å²) in [7, 11) is 1.53. The molecular weight excluding hydrogens is 469 g/mol. The Morgan fingerprint density at radius 1 is 1.29 bits per heavy atom. The second kappa shape index (κ2) is 11.3. The van der Waals surface area contributed by atoms with E-state index in [4.69, 9.17) is 19.6 Å². The smallest absolute Gasteiger partial charge is 0.387 e. The first-order chi connectivity index (χ1) is 16.9. The van der Waals surface area contributed by atoms with Crippen molar-refractivity contribution in [3.8, 4) is 23.0 Å². The molecule has 1 aliphatic heterocycles. The number of hydrogen-bond donors (Lipinski definition) is 1. The third-order valence-corrected chi connectivity index (χ3v) is 6.03. The molecule has 0 radical (unpaired) electrons. The number of benzene rings is 1. The Morgan fingerprint density at radius 2 is 2.09 bits per heavy atom. The van der Waals surface area contributed by atoms with Crippen molar-refractivity contribution in [3.63, 3.8) is 0 Å². The van der Waals surface area contributed by atoms with E-state index < -0.39 is 25.2 Å². The van der Waals surface area contributed by atoms with Crippen molar-refractivity contribution < 1.29 is 36.6 Å². The second-order valence-electron chi connectivity index (χ2n) is 8.58. The molecule has 2 heterocycles. The second-order valence-corrected chi connectivity index (χ2v) is 8.58. The maximum absolute atomic E-state index is 13.6. The first kappa shape index (κ1) is 25.3. The van der Waals surface area contributed by atoms with Crippen LogP contribution in [0.3, 0.4) is 0 Å². The number of oxazole rings is 1. The zero-order valence-corrected chi connectivity index (χ0v) is 19.4. The van der Waals surface area contributed by atoms with Gasteiger partial charge >= 0.3 is 6.61 Å². The van der Waals surface area contributed by atoms with Gasteiger partial charge in [0.05, 0.1) is 25.9 Å². The van der Waals surface area contributed by atoms with Gasteiger partial charge in [-0.25, -0.2) is 9.37 Å². The summed E-state index contributed by atoms with van der Waals surface area (Å²) in [6.07, 6.45) is 2.05. The molecular formula is C23H29F3N4O5. The number of carbonyl (C=O) groups excluding carboxylic acids is 1. The molecule has 1 saturated carbocycles. The van der Waals surface area contributed by atoms with Crippen molar-refractivity contribution in [3.05, 3.63) is 29.7 Å². The number of methoxy groups -OCH3 is 1. The van der Waals surface area contributed by atoms with Crippen molar-refractivity contribution in [2.75, 3.05) is 46.8 Å². The fourth-order valence-electron chi connectivity index (χ4n) is 3.93. The minimum Gasteiger partial charge on any atom is -0.489 e. The first-order valence-corrected chi connectivity index (χ1v) is 11.4. The Balaban J connectivity index is 1.56. The molecule has 0 unspecified atom stereocenters. The summed E-state index contributed by atoms with van der Waals surface area (Å²) in [4.78, 5) is 20.9. The van der Waals surface area contributed by atoms with Crippen molar-refractivity contribution in [2.24, 2.45) is 11.7 Å². The number of alkyl halides is 3. The van der Waals surface area contributed by atoms with Crippen molar-refractivity contribution in [1.82, 2.24) is 14.8 Å². The summed E-state index contributed by atoms with van der Waals surface area (Å²) in [5, 5.41) is 0. The highest BCUT2D eigenvalue weighted by Crippen LogP contribution is 2.36. The average molecular weight is 499 g/mol. The minimum absolute atomic E-state index is 0.0358. The van der Waals surface area contributed by atoms with Gasteiger partial charge in [0.1, 0.15) is 6.67 Å². The number of halogens is 3. The van der Waals surface area contributed by atoms with Gasteiger partial charge in [-0.1, -0.05) is 0 Å². The summed E-state index contributed by atoms with van der Waals surface area (Å²) in [5.74, 6) is 0.278. The molecule has 35 heavy (non-hydrogen) atoms. The van der Waals surface area contributed by atoms with Crippen LogP contribution in [-0.4, -0.2) is 80.1 Å². The Morgan fingerprint density at radius 3 is 2.74 bits per heavy atom. The molecule has 1 atom stereocenters. The SMILES string of the molecule is COCN1CCN(C(=O)c2nc(-c3ccc(OC(F)F)c(OCC4CC4)c3)oc2CN)C[C@H]1CF. The van der Waals surface area contributed by atoms with Gasteiger partial charge in [0.25, 0.3) is 5.91 Å². The molecule has 0 spiro atoms. The fraction of sp³-hybridized carbons (Fsp3) is 0.565. The van der Waals surface area contributed by atoms with E-state index in [1.807, 2.05) is 4.90 Å². The van der Waals surface area contributed by atoms with Crippen LogP contribution in [0.25, 0.3) is 11.5 Å². The highest BCUT2D eigenvalue weighted by molar-refractivity contribution is 5.94. The van der Waals surface area contributed by atoms with Crippen LogP contribution in [0.1, 0.15) is 29.1 Å². The molecule has 0 bridgehead atoms. The van der Waals surface area contributed by atoms with Crippen LogP contribution in [0.5, 0.6) is 11.5 Å². The Hall–Kier alpha value is -2.83. The van der Waals surface area contributed by atoms with Crippen molar-refractivity contribution in [1.29, 1.82) is 0 Å². The zero-order valence-electron chi connectivity index (χ0n) is 19.4. The number of nitrogens with two attached hydrogens (primary N) is 1. The van der Waals surface area contributed by atoms with E-state index in [1.165, 1.54) is 30.2 Å². The molecule has 1 amide bonds. The zero-order chi connectivity index (χ0) is 24.9. The molecule has 1 aliphatic carbocycles. The number of nitrogens with zero attached hydrogens (tertiary/aromatic N) is 3. The summed E-state index contributed by atoms with van der Waals surface area (Å²) in [6, 6.07) is 3.83. The lowest BCUT2D eigenvalue weighted by Gasteiger charge is -2.39. The normalized spacial score (nSPS) is 18.8. The topological polar surface area (TPSA) is 103 Å². The Labute approximate surface area is 200 Å². The third kappa shape index (κ3) is 6.06. The van der Waals surface area contributed by atoms with Crippen molar-refractivity contribution in [2.45, 2.75) is 32.0 Å². The standard InChI is InChI=1S/C23H29F3N4O5/c1-32-13-30-7-6-29(11-16(30)9-24)22(31)20-19(10-27)34-21(28-20)15-4-5-17(35-23(25)26)18(8-15)33-12-14-2-3-14/h4-5,8,14,16,23H,2-3,6-7,9-13,27H2,1H3/t16-/m1/s1. The van der Waals surface area contributed by atoms with Crippen molar-refractivity contribution >= 4 is 5.91 Å². The maximum atomic E-state index is 13.6. The van der Waals surface area contributed by atoms with Gasteiger partial charge in [-0.2, -0.15) is 8.78 Å². The lowest BCUT2D eigenvalue weighted by Crippen LogP contribution is -2.56. The molecule has 2 N–H and O–H groups in total. The van der Waals surface area contributed by atoms with Crippen LogP contribution < -0.4 is 15.2 Å². The summed E-state index contributed by atoms with van der Waals surface area (Å²) < 4.78 is 60.4. The number of hydrogen-bond acceptors (Lipinski definition) is 8. The molecule has 2 fully saturated rings. The van der Waals surface area contributed by atoms with E-state index in [2.05, 4.69) is 9.72 Å². The van der Waals surface area contributed by atoms with E-state index in [1.54, 1.807) is 0 Å². The molecule has 2 aromatic rings. The van der Waals surface area contributed by atoms with E-state index in [0.29, 0.717) is 31.2 Å². The number of rotatable bonds is 11. The van der Waals surface area contributed by atoms with Crippen LogP contribution in [-0.2, 0) is 11.3 Å². The first-order valence-electron chi connectivity index (χ1n) is 11.4. The van der Waals surface area contributed by atoms with E-state index in [-0.39, 0.29) is 48.7 Å². The van der Waals surface area contributed by atoms with Gasteiger partial charge in [-0.3, -0.25) is 9.69 Å². The summed E-state index contributed by atoms with van der Waals surface area (Å²) in [6.45, 7) is -2.07. The van der Waals surface area contributed by atoms with E-state index >= 15 is 0 Å².